The smallest absolute Gasteiger partial charge is 0.307 e. The van der Waals surface area contributed by atoms with Crippen LogP contribution in [0, 0.1) is 4.91 Å². The molecule has 0 bridgehead atoms. The van der Waals surface area contributed by atoms with Gasteiger partial charge in [-0.15, -0.1) is 4.91 Å². The molecule has 0 aliphatic rings. The minimum absolute atomic E-state index is 0. The van der Waals surface area contributed by atoms with Gasteiger partial charge >= 0.3 is 5.97 Å². The van der Waals surface area contributed by atoms with E-state index in [-0.39, 0.29) is 17.7 Å². The van der Waals surface area contributed by atoms with E-state index >= 15 is 0 Å². The molecule has 0 saturated heterocycles. The summed E-state index contributed by atoms with van der Waals surface area (Å²) in [5.74, 6) is -0.676. The molecule has 1 aromatic heterocycles. The second-order valence-corrected chi connectivity index (χ2v) is 2.26. The maximum atomic E-state index is 10.1. The molecule has 1 heterocycles. The summed E-state index contributed by atoms with van der Waals surface area (Å²) < 4.78 is 1.56. The first-order valence-electron chi connectivity index (χ1n) is 3.35. The fourth-order valence-electron chi connectivity index (χ4n) is 0.784. The predicted molar refractivity (Wildman–Crippen MR) is 40.6 cm³/mol. The molecule has 13 heavy (non-hydrogen) atoms. The summed E-state index contributed by atoms with van der Waals surface area (Å²) in [7, 11) is 0. The Kier molecular flexibility index (Phi) is 4.31. The zero-order valence-electron chi connectivity index (χ0n) is 6.67. The molecule has 0 aromatic carbocycles. The molecule has 0 fully saturated rings. The van der Waals surface area contributed by atoms with Crippen LogP contribution in [0.15, 0.2) is 17.7 Å². The number of aromatic amines is 1. The van der Waals surface area contributed by atoms with Gasteiger partial charge < -0.3 is 10.6 Å². The normalized spacial score (nSPS) is 8.92. The topological polar surface area (TPSA) is 116 Å². The zero-order chi connectivity index (χ0) is 8.97. The van der Waals surface area contributed by atoms with E-state index in [4.69, 9.17) is 5.11 Å². The van der Waals surface area contributed by atoms with Gasteiger partial charge in [0.2, 0.25) is 6.33 Å². The molecule has 7 nitrogen and oxygen atoms in total. The van der Waals surface area contributed by atoms with E-state index < -0.39 is 5.97 Å². The van der Waals surface area contributed by atoms with Gasteiger partial charge in [0.1, 0.15) is 6.54 Å². The molecule has 0 radical (unpaired) electrons. The number of aliphatic carboxylic acids is 1. The number of hydrogen-bond donors (Lipinski definition) is 2. The van der Waals surface area contributed by atoms with Crippen LogP contribution >= 0.6 is 0 Å². The number of carbonyl (C=O) groups is 1. The number of nitrogens with zero attached hydrogens (tertiary/aromatic N) is 2. The van der Waals surface area contributed by atoms with E-state index in [2.05, 4.69) is 10.2 Å². The van der Waals surface area contributed by atoms with E-state index in [1.54, 1.807) is 4.57 Å². The zero-order valence-corrected chi connectivity index (χ0v) is 6.67. The van der Waals surface area contributed by atoms with Crippen LogP contribution in [0.4, 0.5) is 5.82 Å². The maximum Gasteiger partial charge on any atom is 0.307 e. The summed E-state index contributed by atoms with van der Waals surface area (Å²) in [5.41, 5.74) is 0. The Morgan fingerprint density at radius 1 is 1.69 bits per heavy atom. The van der Waals surface area contributed by atoms with E-state index in [1.165, 1.54) is 12.5 Å². The van der Waals surface area contributed by atoms with E-state index in [9.17, 15) is 9.70 Å². The van der Waals surface area contributed by atoms with Crippen LogP contribution in [0.5, 0.6) is 0 Å². The van der Waals surface area contributed by atoms with Gasteiger partial charge in [0, 0.05) is 5.18 Å². The van der Waals surface area contributed by atoms with Gasteiger partial charge in [-0.25, -0.2) is 9.55 Å². The lowest BCUT2D eigenvalue weighted by Gasteiger charge is -1.88. The fraction of sp³-hybridized carbons (Fsp3) is 0.333. The van der Waals surface area contributed by atoms with Crippen LogP contribution in [0.1, 0.15) is 6.42 Å². The largest absolute Gasteiger partial charge is 0.870 e. The van der Waals surface area contributed by atoms with Crippen molar-refractivity contribution in [3.05, 3.63) is 17.4 Å². The number of carboxylic acids is 1. The SMILES string of the molecule is O=Nc1c[n+](CCC(=O)O)c[nH]1.[OH-]. The van der Waals surface area contributed by atoms with Crippen molar-refractivity contribution >= 4 is 11.8 Å². The van der Waals surface area contributed by atoms with Crippen LogP contribution in [0.25, 0.3) is 0 Å². The average molecular weight is 187 g/mol. The number of carboxylic acid groups (broad SMARTS) is 1. The van der Waals surface area contributed by atoms with Crippen molar-refractivity contribution < 1.29 is 19.9 Å². The van der Waals surface area contributed by atoms with Crippen LogP contribution < -0.4 is 4.57 Å². The number of hydrogen-bond acceptors (Lipinski definition) is 4. The van der Waals surface area contributed by atoms with Gasteiger partial charge in [-0.2, -0.15) is 0 Å². The molecular formula is C6H9N3O4. The van der Waals surface area contributed by atoms with Gasteiger partial charge in [-0.3, -0.25) is 4.79 Å². The van der Waals surface area contributed by atoms with Gasteiger partial charge in [0.25, 0.3) is 5.82 Å². The van der Waals surface area contributed by atoms with E-state index in [0.717, 1.165) is 0 Å². The molecule has 0 amide bonds. The average Bonchev–Trinajstić information content (AvgIpc) is 2.48. The first-order valence-corrected chi connectivity index (χ1v) is 3.35. The number of imidazole rings is 1. The lowest BCUT2D eigenvalue weighted by molar-refractivity contribution is -0.694. The third kappa shape index (κ3) is 3.43. The second-order valence-electron chi connectivity index (χ2n) is 2.26. The van der Waals surface area contributed by atoms with Crippen molar-refractivity contribution in [3.63, 3.8) is 0 Å². The summed E-state index contributed by atoms with van der Waals surface area (Å²) in [6.45, 7) is 0.335. The van der Waals surface area contributed by atoms with Gasteiger partial charge in [-0.05, 0) is 0 Å². The van der Waals surface area contributed by atoms with Crippen molar-refractivity contribution in [2.75, 3.05) is 0 Å². The number of nitrogens with one attached hydrogen (secondary N) is 1. The summed E-state index contributed by atoms with van der Waals surface area (Å²) >= 11 is 0. The van der Waals surface area contributed by atoms with Crippen molar-refractivity contribution in [2.24, 2.45) is 5.18 Å². The Morgan fingerprint density at radius 3 is 2.85 bits per heavy atom. The number of H-pyrrole nitrogens is 1. The Labute approximate surface area is 73.3 Å². The molecule has 0 spiro atoms. The Bertz CT molecular complexity index is 296. The molecule has 0 aliphatic carbocycles. The molecule has 0 atom stereocenters. The number of aromatic nitrogens is 2. The quantitative estimate of drug-likeness (QED) is 0.509. The van der Waals surface area contributed by atoms with Gasteiger partial charge in [0.15, 0.2) is 6.20 Å². The first kappa shape index (κ1) is 11.2. The highest BCUT2D eigenvalue weighted by molar-refractivity contribution is 5.66. The molecule has 1 rings (SSSR count). The van der Waals surface area contributed by atoms with Crippen molar-refractivity contribution in [1.82, 2.24) is 4.98 Å². The van der Waals surface area contributed by atoms with Crippen molar-refractivity contribution in [2.45, 2.75) is 13.0 Å². The van der Waals surface area contributed by atoms with E-state index in [1.807, 2.05) is 0 Å². The van der Waals surface area contributed by atoms with E-state index in [0.29, 0.717) is 6.54 Å². The lowest BCUT2D eigenvalue weighted by Crippen LogP contribution is -2.31. The summed E-state index contributed by atoms with van der Waals surface area (Å²) in [6.07, 6.45) is 2.98. The Balaban J connectivity index is 0.00000144. The Hall–Kier alpha value is -1.76. The maximum absolute atomic E-state index is 10.1. The van der Waals surface area contributed by atoms with Crippen molar-refractivity contribution in [3.8, 4) is 0 Å². The summed E-state index contributed by atoms with van der Waals surface area (Å²) in [5, 5.41) is 11.0. The van der Waals surface area contributed by atoms with Crippen LogP contribution in [-0.4, -0.2) is 21.5 Å². The van der Waals surface area contributed by atoms with Crippen LogP contribution in [0.3, 0.4) is 0 Å². The first-order chi connectivity index (χ1) is 5.72. The lowest BCUT2D eigenvalue weighted by atomic mass is 10.4. The molecule has 7 heteroatoms. The standard InChI is InChI=1S/C6H7N3O3.H2O/c10-6(11)1-2-9-3-5(8-12)7-4-9;/h3-4H,1-2H2,(H,10,11);1H2. The molecule has 72 valence electrons. The monoisotopic (exact) mass is 187 g/mol. The Morgan fingerprint density at radius 2 is 2.38 bits per heavy atom. The molecule has 0 aliphatic heterocycles. The molecule has 0 unspecified atom stereocenters. The highest BCUT2D eigenvalue weighted by Crippen LogP contribution is 2.00. The molecule has 1 aromatic rings. The number of rotatable bonds is 4. The predicted octanol–water partition coefficient (Wildman–Crippen LogP) is -0.00200. The van der Waals surface area contributed by atoms with Crippen LogP contribution in [0.2, 0.25) is 0 Å². The highest BCUT2D eigenvalue weighted by atomic mass is 16.4. The fourth-order valence-corrected chi connectivity index (χ4v) is 0.784. The third-order valence-electron chi connectivity index (χ3n) is 1.35. The highest BCUT2D eigenvalue weighted by Gasteiger charge is 2.06. The number of nitroso groups, excluding NO2 is 1. The summed E-state index contributed by atoms with van der Waals surface area (Å²) in [4.78, 5) is 22.7. The van der Waals surface area contributed by atoms with Gasteiger partial charge in [-0.1, -0.05) is 0 Å². The third-order valence-corrected chi connectivity index (χ3v) is 1.35. The molecule has 3 N–H and O–H groups in total. The van der Waals surface area contributed by atoms with Crippen molar-refractivity contribution in [1.29, 1.82) is 0 Å². The summed E-state index contributed by atoms with van der Waals surface area (Å²) in [6, 6.07) is 0. The number of aryl methyl sites for hydroxylation is 1. The van der Waals surface area contributed by atoms with Crippen LogP contribution in [-0.2, 0) is 11.3 Å². The minimum Gasteiger partial charge on any atom is -0.870 e. The second kappa shape index (κ2) is 4.99. The minimum atomic E-state index is -0.871. The molecule has 0 saturated carbocycles. The van der Waals surface area contributed by atoms with Gasteiger partial charge in [0.05, 0.1) is 6.42 Å². The molecular weight excluding hydrogens is 178 g/mol.